The summed E-state index contributed by atoms with van der Waals surface area (Å²) in [5.74, 6) is 2.04. The number of epoxide rings is 1. The van der Waals surface area contributed by atoms with Crippen molar-refractivity contribution in [3.05, 3.63) is 84.0 Å². The molecule has 0 amide bonds. The van der Waals surface area contributed by atoms with Crippen LogP contribution in [0.2, 0.25) is 0 Å². The van der Waals surface area contributed by atoms with E-state index in [9.17, 15) is 0 Å². The Morgan fingerprint density at radius 1 is 1.00 bits per heavy atom. The largest absolute Gasteiger partial charge is 0.490 e. The van der Waals surface area contributed by atoms with Crippen molar-refractivity contribution < 1.29 is 18.9 Å². The molecule has 2 saturated heterocycles. The summed E-state index contributed by atoms with van der Waals surface area (Å²) in [4.78, 5) is 0. The number of ether oxygens (including phenoxy) is 4. The van der Waals surface area contributed by atoms with Gasteiger partial charge in [-0.3, -0.25) is 0 Å². The van der Waals surface area contributed by atoms with Gasteiger partial charge in [-0.05, 0) is 47.2 Å². The minimum Gasteiger partial charge on any atom is -0.490 e. The maximum Gasteiger partial charge on any atom is 0.202 e. The summed E-state index contributed by atoms with van der Waals surface area (Å²) >= 11 is 0. The first-order valence-electron chi connectivity index (χ1n) is 10.7. The van der Waals surface area contributed by atoms with E-state index in [2.05, 4.69) is 56.5 Å². The molecule has 0 aromatic heterocycles. The van der Waals surface area contributed by atoms with E-state index < -0.39 is 0 Å². The molecule has 3 atom stereocenters. The molecule has 3 unspecified atom stereocenters. The van der Waals surface area contributed by atoms with E-state index in [1.807, 2.05) is 12.2 Å². The molecule has 4 heteroatoms. The summed E-state index contributed by atoms with van der Waals surface area (Å²) < 4.78 is 22.6. The molecule has 0 bridgehead atoms. The second kappa shape index (κ2) is 9.50. The monoisotopic (exact) mass is 406 g/mol. The Bertz CT molecular complexity index is 896. The molecule has 158 valence electrons. The van der Waals surface area contributed by atoms with Crippen molar-refractivity contribution in [2.45, 2.75) is 44.5 Å². The minimum atomic E-state index is -0.119. The zero-order chi connectivity index (χ0) is 20.9. The van der Waals surface area contributed by atoms with E-state index in [-0.39, 0.29) is 18.3 Å². The van der Waals surface area contributed by atoms with Crippen molar-refractivity contribution >= 4 is 0 Å². The van der Waals surface area contributed by atoms with E-state index in [0.717, 1.165) is 55.1 Å². The van der Waals surface area contributed by atoms with Crippen LogP contribution < -0.4 is 9.47 Å². The van der Waals surface area contributed by atoms with E-state index in [0.29, 0.717) is 6.61 Å². The second-order valence-electron chi connectivity index (χ2n) is 7.91. The Hall–Kier alpha value is -2.56. The van der Waals surface area contributed by atoms with Gasteiger partial charge in [0.25, 0.3) is 0 Å². The highest BCUT2D eigenvalue weighted by molar-refractivity contribution is 5.45. The lowest BCUT2D eigenvalue weighted by Crippen LogP contribution is -2.32. The van der Waals surface area contributed by atoms with Gasteiger partial charge < -0.3 is 18.9 Å². The summed E-state index contributed by atoms with van der Waals surface area (Å²) in [7, 11) is 0. The standard InChI is InChI=1S/C26H30O4/c1-4-6-21-14-19(8-10-24(21)29-17-23-16-28-23)18(3)20-9-11-25(22(15-20)7-5-2)30-26-12-13-27-26/h4-5,8-11,14-15,18,23,26H,1-2,6-7,12-13,16-17H2,3H3. The van der Waals surface area contributed by atoms with Crippen LogP contribution in [0, 0.1) is 0 Å². The smallest absolute Gasteiger partial charge is 0.202 e. The summed E-state index contributed by atoms with van der Waals surface area (Å²) in [6.07, 6.45) is 6.44. The second-order valence-corrected chi connectivity index (χ2v) is 7.91. The van der Waals surface area contributed by atoms with Gasteiger partial charge in [0.2, 0.25) is 6.29 Å². The average molecular weight is 407 g/mol. The van der Waals surface area contributed by atoms with Gasteiger partial charge in [0, 0.05) is 12.3 Å². The lowest BCUT2D eigenvalue weighted by Gasteiger charge is -2.28. The molecule has 2 aliphatic rings. The van der Waals surface area contributed by atoms with Gasteiger partial charge in [0.1, 0.15) is 24.2 Å². The Morgan fingerprint density at radius 2 is 1.60 bits per heavy atom. The molecule has 30 heavy (non-hydrogen) atoms. The normalized spacial score (nSPS) is 20.7. The molecule has 2 heterocycles. The fourth-order valence-corrected chi connectivity index (χ4v) is 3.61. The molecular formula is C26H30O4. The first-order valence-corrected chi connectivity index (χ1v) is 10.7. The number of hydrogen-bond acceptors (Lipinski definition) is 4. The minimum absolute atomic E-state index is 0.119. The van der Waals surface area contributed by atoms with Crippen LogP contribution in [0.15, 0.2) is 61.7 Å². The molecule has 4 rings (SSSR count). The third kappa shape index (κ3) is 4.94. The Kier molecular flexibility index (Phi) is 6.56. The molecule has 2 aromatic carbocycles. The topological polar surface area (TPSA) is 40.2 Å². The summed E-state index contributed by atoms with van der Waals surface area (Å²) in [5, 5.41) is 0. The highest BCUT2D eigenvalue weighted by Crippen LogP contribution is 2.33. The van der Waals surface area contributed by atoms with Gasteiger partial charge in [0.15, 0.2) is 0 Å². The third-order valence-electron chi connectivity index (χ3n) is 5.64. The molecule has 2 aliphatic heterocycles. The predicted molar refractivity (Wildman–Crippen MR) is 118 cm³/mol. The van der Waals surface area contributed by atoms with Gasteiger partial charge in [-0.2, -0.15) is 0 Å². The van der Waals surface area contributed by atoms with Crippen LogP contribution in [0.4, 0.5) is 0 Å². The SMILES string of the molecule is C=CCc1cc(C(C)c2ccc(OC3CCO3)c(CC=C)c2)ccc1OCC1CO1. The fourth-order valence-electron chi connectivity index (χ4n) is 3.61. The average Bonchev–Trinajstić information content (AvgIpc) is 3.55. The van der Waals surface area contributed by atoms with Gasteiger partial charge >= 0.3 is 0 Å². The molecule has 4 nitrogen and oxygen atoms in total. The quantitative estimate of drug-likeness (QED) is 0.380. The molecule has 0 N–H and O–H groups in total. The highest BCUT2D eigenvalue weighted by Gasteiger charge is 2.24. The molecule has 0 spiro atoms. The molecular weight excluding hydrogens is 376 g/mol. The molecule has 0 aliphatic carbocycles. The van der Waals surface area contributed by atoms with E-state index >= 15 is 0 Å². The molecule has 0 radical (unpaired) electrons. The van der Waals surface area contributed by atoms with Gasteiger partial charge in [0.05, 0.1) is 13.2 Å². The summed E-state index contributed by atoms with van der Waals surface area (Å²) in [6.45, 7) is 12.2. The molecule has 0 saturated carbocycles. The van der Waals surface area contributed by atoms with Crippen LogP contribution in [0.5, 0.6) is 11.5 Å². The zero-order valence-electron chi connectivity index (χ0n) is 17.6. The number of allylic oxidation sites excluding steroid dienone is 2. The third-order valence-corrected chi connectivity index (χ3v) is 5.64. The Labute approximate surface area is 179 Å². The maximum absolute atomic E-state index is 5.98. The van der Waals surface area contributed by atoms with Crippen LogP contribution in [-0.4, -0.2) is 32.2 Å². The number of hydrogen-bond donors (Lipinski definition) is 0. The lowest BCUT2D eigenvalue weighted by atomic mass is 9.90. The van der Waals surface area contributed by atoms with E-state index in [4.69, 9.17) is 18.9 Å². The highest BCUT2D eigenvalue weighted by atomic mass is 16.7. The van der Waals surface area contributed by atoms with Crippen molar-refractivity contribution in [1.29, 1.82) is 0 Å². The van der Waals surface area contributed by atoms with Crippen molar-refractivity contribution in [2.24, 2.45) is 0 Å². The van der Waals surface area contributed by atoms with Gasteiger partial charge in [-0.25, -0.2) is 0 Å². The predicted octanol–water partition coefficient (Wildman–Crippen LogP) is 5.20. The fraction of sp³-hybridized carbons (Fsp3) is 0.385. The Balaban J connectivity index is 1.55. The summed E-state index contributed by atoms with van der Waals surface area (Å²) in [5.41, 5.74) is 4.80. The van der Waals surface area contributed by atoms with Crippen LogP contribution in [-0.2, 0) is 22.3 Å². The van der Waals surface area contributed by atoms with Crippen LogP contribution >= 0.6 is 0 Å². The van der Waals surface area contributed by atoms with Crippen molar-refractivity contribution in [3.63, 3.8) is 0 Å². The van der Waals surface area contributed by atoms with Crippen molar-refractivity contribution in [2.75, 3.05) is 19.8 Å². The van der Waals surface area contributed by atoms with Gasteiger partial charge in [-0.15, -0.1) is 13.2 Å². The zero-order valence-corrected chi connectivity index (χ0v) is 17.6. The Morgan fingerprint density at radius 3 is 2.13 bits per heavy atom. The number of rotatable bonds is 11. The molecule has 2 aromatic rings. The van der Waals surface area contributed by atoms with Crippen molar-refractivity contribution in [3.8, 4) is 11.5 Å². The van der Waals surface area contributed by atoms with E-state index in [1.165, 1.54) is 11.1 Å². The number of benzene rings is 2. The van der Waals surface area contributed by atoms with Crippen molar-refractivity contribution in [1.82, 2.24) is 0 Å². The van der Waals surface area contributed by atoms with Crippen LogP contribution in [0.1, 0.15) is 41.5 Å². The van der Waals surface area contributed by atoms with Gasteiger partial charge in [-0.1, -0.05) is 43.3 Å². The van der Waals surface area contributed by atoms with E-state index in [1.54, 1.807) is 0 Å². The van der Waals surface area contributed by atoms with Crippen LogP contribution in [0.25, 0.3) is 0 Å². The first kappa shape index (κ1) is 20.7. The first-order chi connectivity index (χ1) is 14.7. The van der Waals surface area contributed by atoms with Crippen LogP contribution in [0.3, 0.4) is 0 Å². The lowest BCUT2D eigenvalue weighted by molar-refractivity contribution is -0.165. The molecule has 2 fully saturated rings. The maximum atomic E-state index is 5.98. The summed E-state index contributed by atoms with van der Waals surface area (Å²) in [6, 6.07) is 12.9.